The molecular formula is C15H10BrNO3S. The molecule has 0 aliphatic carbocycles. The summed E-state index contributed by atoms with van der Waals surface area (Å²) in [6.07, 6.45) is 5.07. The van der Waals surface area contributed by atoms with Crippen molar-refractivity contribution >= 4 is 39.6 Å². The van der Waals surface area contributed by atoms with Gasteiger partial charge in [0.2, 0.25) is 5.78 Å². The molecule has 2 heterocycles. The summed E-state index contributed by atoms with van der Waals surface area (Å²) < 4.78 is 5.78. The van der Waals surface area contributed by atoms with Crippen LogP contribution in [0.1, 0.15) is 15.9 Å². The van der Waals surface area contributed by atoms with E-state index in [2.05, 4.69) is 20.9 Å². The molecule has 1 aromatic heterocycles. The molecule has 1 aliphatic rings. The van der Waals surface area contributed by atoms with Crippen LogP contribution in [0.25, 0.3) is 6.08 Å². The standard InChI is InChI=1S/C15H10BrNO3S/c1-20-12-4-8(10(16)6-11(12)18)5-13-15(19)9-2-3-17-7-14(9)21-13/h2-7,18H,1H3/b13-5-. The third-order valence-electron chi connectivity index (χ3n) is 3.06. The Hall–Kier alpha value is -1.79. The number of thioether (sulfide) groups is 1. The number of aromatic hydroxyl groups is 1. The molecule has 0 radical (unpaired) electrons. The Morgan fingerprint density at radius 1 is 1.43 bits per heavy atom. The van der Waals surface area contributed by atoms with Gasteiger partial charge in [-0.1, -0.05) is 27.7 Å². The molecule has 0 atom stereocenters. The second-order valence-electron chi connectivity index (χ2n) is 4.36. The van der Waals surface area contributed by atoms with Gasteiger partial charge in [-0.15, -0.1) is 0 Å². The Labute approximate surface area is 134 Å². The molecule has 1 aliphatic heterocycles. The van der Waals surface area contributed by atoms with Crippen molar-refractivity contribution in [3.05, 3.63) is 51.1 Å². The van der Waals surface area contributed by atoms with E-state index in [0.29, 0.717) is 20.7 Å². The Morgan fingerprint density at radius 2 is 2.24 bits per heavy atom. The third-order valence-corrected chi connectivity index (χ3v) is 4.81. The lowest BCUT2D eigenvalue weighted by Crippen LogP contribution is -1.94. The normalized spacial score (nSPS) is 15.3. The van der Waals surface area contributed by atoms with E-state index in [4.69, 9.17) is 4.74 Å². The number of carbonyl (C=O) groups excluding carboxylic acids is 1. The fraction of sp³-hybridized carbons (Fsp3) is 0.0667. The van der Waals surface area contributed by atoms with Crippen molar-refractivity contribution in [2.75, 3.05) is 7.11 Å². The monoisotopic (exact) mass is 363 g/mol. The smallest absolute Gasteiger partial charge is 0.200 e. The largest absolute Gasteiger partial charge is 0.504 e. The lowest BCUT2D eigenvalue weighted by atomic mass is 10.1. The van der Waals surface area contributed by atoms with Crippen molar-refractivity contribution in [2.24, 2.45) is 0 Å². The van der Waals surface area contributed by atoms with E-state index in [0.717, 1.165) is 10.5 Å². The molecule has 0 spiro atoms. The molecule has 1 aromatic carbocycles. The van der Waals surface area contributed by atoms with Gasteiger partial charge >= 0.3 is 0 Å². The number of benzene rings is 1. The van der Waals surface area contributed by atoms with E-state index in [1.165, 1.54) is 18.9 Å². The molecule has 6 heteroatoms. The first-order valence-corrected chi connectivity index (χ1v) is 7.66. The zero-order chi connectivity index (χ0) is 15.0. The predicted molar refractivity (Wildman–Crippen MR) is 84.8 cm³/mol. The van der Waals surface area contributed by atoms with E-state index >= 15 is 0 Å². The average Bonchev–Trinajstić information content (AvgIpc) is 2.79. The minimum Gasteiger partial charge on any atom is -0.504 e. The van der Waals surface area contributed by atoms with Gasteiger partial charge in [0.15, 0.2) is 11.5 Å². The van der Waals surface area contributed by atoms with E-state index < -0.39 is 0 Å². The Bertz CT molecular complexity index is 774. The maximum atomic E-state index is 12.3. The van der Waals surface area contributed by atoms with Crippen LogP contribution in [0.3, 0.4) is 0 Å². The SMILES string of the molecule is COc1cc(/C=C2\Sc3cnccc3C2=O)c(Br)cc1O. The van der Waals surface area contributed by atoms with E-state index in [-0.39, 0.29) is 11.5 Å². The number of ketones is 1. The van der Waals surface area contributed by atoms with Gasteiger partial charge in [-0.2, -0.15) is 0 Å². The highest BCUT2D eigenvalue weighted by molar-refractivity contribution is 9.10. The molecule has 2 aromatic rings. The molecule has 0 saturated carbocycles. The molecule has 0 amide bonds. The summed E-state index contributed by atoms with van der Waals surface area (Å²) in [7, 11) is 1.48. The summed E-state index contributed by atoms with van der Waals surface area (Å²) >= 11 is 4.77. The van der Waals surface area contributed by atoms with Crippen LogP contribution in [0, 0.1) is 0 Å². The zero-order valence-electron chi connectivity index (χ0n) is 11.0. The van der Waals surface area contributed by atoms with E-state index in [1.807, 2.05) is 0 Å². The maximum Gasteiger partial charge on any atom is 0.200 e. The number of halogens is 1. The number of hydrogen-bond donors (Lipinski definition) is 1. The zero-order valence-corrected chi connectivity index (χ0v) is 13.4. The molecular weight excluding hydrogens is 354 g/mol. The molecule has 106 valence electrons. The fourth-order valence-corrected chi connectivity index (χ4v) is 3.47. The van der Waals surface area contributed by atoms with Gasteiger partial charge in [-0.25, -0.2) is 0 Å². The first kappa shape index (κ1) is 14.2. The molecule has 4 nitrogen and oxygen atoms in total. The highest BCUT2D eigenvalue weighted by atomic mass is 79.9. The van der Waals surface area contributed by atoms with E-state index in [9.17, 15) is 9.90 Å². The summed E-state index contributed by atoms with van der Waals surface area (Å²) in [5.41, 5.74) is 1.43. The van der Waals surface area contributed by atoms with Crippen LogP contribution >= 0.6 is 27.7 Å². The molecule has 3 rings (SSSR count). The number of phenolic OH excluding ortho intramolecular Hbond substituents is 1. The van der Waals surface area contributed by atoms with Gasteiger partial charge < -0.3 is 9.84 Å². The van der Waals surface area contributed by atoms with Crippen LogP contribution in [0.15, 0.2) is 44.9 Å². The van der Waals surface area contributed by atoms with Gasteiger partial charge in [0.1, 0.15) is 0 Å². The van der Waals surface area contributed by atoms with E-state index in [1.54, 1.807) is 36.7 Å². The van der Waals surface area contributed by atoms with Crippen LogP contribution in [-0.2, 0) is 0 Å². The quantitative estimate of drug-likeness (QED) is 0.820. The number of pyridine rings is 1. The van der Waals surface area contributed by atoms with Crippen molar-refractivity contribution in [2.45, 2.75) is 4.90 Å². The van der Waals surface area contributed by atoms with Gasteiger partial charge in [-0.05, 0) is 29.8 Å². The van der Waals surface area contributed by atoms with Crippen molar-refractivity contribution in [3.8, 4) is 11.5 Å². The Morgan fingerprint density at radius 3 is 2.95 bits per heavy atom. The van der Waals surface area contributed by atoms with Crippen LogP contribution in [0.5, 0.6) is 11.5 Å². The van der Waals surface area contributed by atoms with Gasteiger partial charge in [0.05, 0.1) is 12.0 Å². The Kier molecular flexibility index (Phi) is 3.73. The molecule has 0 fully saturated rings. The van der Waals surface area contributed by atoms with Crippen molar-refractivity contribution in [3.63, 3.8) is 0 Å². The predicted octanol–water partition coefficient (Wildman–Crippen LogP) is 3.89. The second-order valence-corrected chi connectivity index (χ2v) is 6.30. The third kappa shape index (κ3) is 2.56. The van der Waals surface area contributed by atoms with Crippen LogP contribution < -0.4 is 4.74 Å². The van der Waals surface area contributed by atoms with Crippen molar-refractivity contribution in [1.29, 1.82) is 0 Å². The first-order chi connectivity index (χ1) is 10.1. The summed E-state index contributed by atoms with van der Waals surface area (Å²) in [6.45, 7) is 0. The molecule has 1 N–H and O–H groups in total. The molecule has 0 unspecified atom stereocenters. The summed E-state index contributed by atoms with van der Waals surface area (Å²) in [5, 5.41) is 9.71. The Balaban J connectivity index is 2.03. The fourth-order valence-electron chi connectivity index (χ4n) is 2.02. The summed E-state index contributed by atoms with van der Waals surface area (Å²) in [4.78, 5) is 17.8. The number of hydrogen-bond acceptors (Lipinski definition) is 5. The lowest BCUT2D eigenvalue weighted by molar-refractivity contribution is 0.104. The molecule has 21 heavy (non-hydrogen) atoms. The number of Topliss-reactive ketones (excluding diaryl/α,β-unsaturated/α-hetero) is 1. The van der Waals surface area contributed by atoms with Gasteiger partial charge in [0.25, 0.3) is 0 Å². The number of carbonyl (C=O) groups is 1. The van der Waals surface area contributed by atoms with Gasteiger partial charge in [0, 0.05) is 27.3 Å². The topological polar surface area (TPSA) is 59.4 Å². The van der Waals surface area contributed by atoms with Crippen LogP contribution in [0.4, 0.5) is 0 Å². The number of aromatic nitrogens is 1. The summed E-state index contributed by atoms with van der Waals surface area (Å²) in [6, 6.07) is 4.95. The highest BCUT2D eigenvalue weighted by Gasteiger charge is 2.26. The second kappa shape index (κ2) is 5.54. The van der Waals surface area contributed by atoms with Crippen molar-refractivity contribution in [1.82, 2.24) is 4.98 Å². The molecule has 0 saturated heterocycles. The van der Waals surface area contributed by atoms with Crippen LogP contribution in [0.2, 0.25) is 0 Å². The number of nitrogens with zero attached hydrogens (tertiary/aromatic N) is 1. The minimum absolute atomic E-state index is 0.0173. The maximum absolute atomic E-state index is 12.3. The molecule has 0 bridgehead atoms. The highest BCUT2D eigenvalue weighted by Crippen LogP contribution is 2.41. The minimum atomic E-state index is -0.0173. The van der Waals surface area contributed by atoms with Gasteiger partial charge in [-0.3, -0.25) is 9.78 Å². The summed E-state index contributed by atoms with van der Waals surface area (Å²) in [5.74, 6) is 0.389. The number of rotatable bonds is 2. The number of ether oxygens (including phenoxy) is 1. The number of methoxy groups -OCH3 is 1. The number of allylic oxidation sites excluding steroid dienone is 1. The first-order valence-electron chi connectivity index (χ1n) is 6.05. The number of fused-ring (bicyclic) bond motifs is 1. The average molecular weight is 364 g/mol. The van der Waals surface area contributed by atoms with Crippen molar-refractivity contribution < 1.29 is 14.6 Å². The lowest BCUT2D eigenvalue weighted by Gasteiger charge is -2.07. The number of phenols is 1. The van der Waals surface area contributed by atoms with Crippen LogP contribution in [-0.4, -0.2) is 23.0 Å².